The minimum atomic E-state index is 0.950. The van der Waals surface area contributed by atoms with Crippen LogP contribution in [0, 0.1) is 0 Å². The molecule has 0 unspecified atom stereocenters. The van der Waals surface area contributed by atoms with Crippen LogP contribution in [0.25, 0.3) is 11.1 Å². The van der Waals surface area contributed by atoms with Crippen molar-refractivity contribution in [1.82, 2.24) is 5.32 Å². The molecule has 2 rings (SSSR count). The topological polar surface area (TPSA) is 12.0 Å². The van der Waals surface area contributed by atoms with E-state index in [1.54, 1.807) is 0 Å². The van der Waals surface area contributed by atoms with Gasteiger partial charge in [-0.05, 0) is 35.2 Å². The summed E-state index contributed by atoms with van der Waals surface area (Å²) in [6, 6.07) is 17.6. The third-order valence-electron chi connectivity index (χ3n) is 3.23. The highest BCUT2D eigenvalue weighted by Gasteiger charge is 1.98. The highest BCUT2D eigenvalue weighted by atomic mass is 14.8. The van der Waals surface area contributed by atoms with E-state index < -0.39 is 0 Å². The van der Waals surface area contributed by atoms with Crippen LogP contribution < -0.4 is 5.32 Å². The van der Waals surface area contributed by atoms with Gasteiger partial charge in [0, 0.05) is 6.54 Å². The molecule has 2 aromatic rings. The fraction of sp³-hybridized carbons (Fsp3) is 0.294. The Labute approximate surface area is 110 Å². The van der Waals surface area contributed by atoms with Gasteiger partial charge >= 0.3 is 0 Å². The first-order chi connectivity index (χ1) is 8.83. The molecule has 94 valence electrons. The molecule has 0 radical (unpaired) electrons. The zero-order chi connectivity index (χ0) is 12.8. The summed E-state index contributed by atoms with van der Waals surface area (Å²) in [4.78, 5) is 0. The summed E-state index contributed by atoms with van der Waals surface area (Å²) in [6.45, 7) is 6.28. The van der Waals surface area contributed by atoms with Crippen molar-refractivity contribution in [3.8, 4) is 11.1 Å². The minimum absolute atomic E-state index is 0.950. The molecule has 1 nitrogen and oxygen atoms in total. The minimum Gasteiger partial charge on any atom is -0.313 e. The normalized spacial score (nSPS) is 10.6. The Bertz CT molecular complexity index is 468. The molecule has 0 aromatic heterocycles. The molecular formula is C17H21N. The Morgan fingerprint density at radius 1 is 0.722 bits per heavy atom. The van der Waals surface area contributed by atoms with Gasteiger partial charge in [-0.2, -0.15) is 0 Å². The van der Waals surface area contributed by atoms with Gasteiger partial charge < -0.3 is 5.32 Å². The molecule has 0 saturated carbocycles. The summed E-state index contributed by atoms with van der Waals surface area (Å²) >= 11 is 0. The molecule has 18 heavy (non-hydrogen) atoms. The summed E-state index contributed by atoms with van der Waals surface area (Å²) in [7, 11) is 0. The predicted molar refractivity (Wildman–Crippen MR) is 78.6 cm³/mol. The van der Waals surface area contributed by atoms with Gasteiger partial charge in [0.2, 0.25) is 0 Å². The highest BCUT2D eigenvalue weighted by Crippen LogP contribution is 2.20. The van der Waals surface area contributed by atoms with E-state index in [2.05, 4.69) is 67.7 Å². The lowest BCUT2D eigenvalue weighted by Crippen LogP contribution is -2.11. The lowest BCUT2D eigenvalue weighted by Gasteiger charge is -2.06. The summed E-state index contributed by atoms with van der Waals surface area (Å²) in [6.07, 6.45) is 1.10. The molecule has 0 atom stereocenters. The fourth-order valence-electron chi connectivity index (χ4n) is 2.02. The maximum atomic E-state index is 3.34. The first-order valence-electron chi connectivity index (χ1n) is 6.72. The summed E-state index contributed by atoms with van der Waals surface area (Å²) in [5, 5.41) is 3.34. The van der Waals surface area contributed by atoms with Gasteiger partial charge in [0.1, 0.15) is 0 Å². The lowest BCUT2D eigenvalue weighted by molar-refractivity contribution is 0.727. The van der Waals surface area contributed by atoms with E-state index >= 15 is 0 Å². The second kappa shape index (κ2) is 6.36. The molecule has 1 heteroatoms. The maximum absolute atomic E-state index is 3.34. The van der Waals surface area contributed by atoms with Gasteiger partial charge in [0.25, 0.3) is 0 Å². The van der Waals surface area contributed by atoms with Crippen molar-refractivity contribution in [2.24, 2.45) is 0 Å². The van der Waals surface area contributed by atoms with Crippen molar-refractivity contribution in [1.29, 1.82) is 0 Å². The molecule has 0 spiro atoms. The Morgan fingerprint density at radius 3 is 1.67 bits per heavy atom. The number of benzene rings is 2. The molecule has 0 heterocycles. The van der Waals surface area contributed by atoms with Crippen LogP contribution in [-0.4, -0.2) is 6.54 Å². The molecule has 0 aliphatic carbocycles. The van der Waals surface area contributed by atoms with Gasteiger partial charge in [0.15, 0.2) is 0 Å². The van der Waals surface area contributed by atoms with E-state index in [9.17, 15) is 0 Å². The Morgan fingerprint density at radius 2 is 1.22 bits per heavy atom. The molecule has 0 saturated heterocycles. The van der Waals surface area contributed by atoms with Crippen LogP contribution in [0.1, 0.15) is 25.0 Å². The van der Waals surface area contributed by atoms with Crippen molar-refractivity contribution < 1.29 is 0 Å². The molecule has 0 amide bonds. The van der Waals surface area contributed by atoms with Crippen LogP contribution >= 0.6 is 0 Å². The van der Waals surface area contributed by atoms with Crippen molar-refractivity contribution in [3.05, 3.63) is 59.7 Å². The van der Waals surface area contributed by atoms with Crippen molar-refractivity contribution >= 4 is 0 Å². The molecule has 0 bridgehead atoms. The van der Waals surface area contributed by atoms with Crippen LogP contribution in [-0.2, 0) is 13.0 Å². The van der Waals surface area contributed by atoms with Crippen molar-refractivity contribution in [3.63, 3.8) is 0 Å². The van der Waals surface area contributed by atoms with E-state index in [0.29, 0.717) is 0 Å². The van der Waals surface area contributed by atoms with Gasteiger partial charge in [-0.15, -0.1) is 0 Å². The lowest BCUT2D eigenvalue weighted by atomic mass is 10.0. The zero-order valence-corrected chi connectivity index (χ0v) is 11.2. The van der Waals surface area contributed by atoms with Crippen LogP contribution in [0.3, 0.4) is 0 Å². The third kappa shape index (κ3) is 3.21. The summed E-state index contributed by atoms with van der Waals surface area (Å²) in [5.41, 5.74) is 5.31. The molecule has 0 aliphatic rings. The zero-order valence-electron chi connectivity index (χ0n) is 11.2. The molecular weight excluding hydrogens is 218 g/mol. The van der Waals surface area contributed by atoms with E-state index in [1.165, 1.54) is 22.3 Å². The summed E-state index contributed by atoms with van der Waals surface area (Å²) in [5.74, 6) is 0. The fourth-order valence-corrected chi connectivity index (χ4v) is 2.02. The first-order valence-corrected chi connectivity index (χ1v) is 6.72. The molecule has 1 N–H and O–H groups in total. The Kier molecular flexibility index (Phi) is 4.54. The third-order valence-corrected chi connectivity index (χ3v) is 3.23. The average Bonchev–Trinajstić information content (AvgIpc) is 2.46. The first kappa shape index (κ1) is 12.8. The van der Waals surface area contributed by atoms with Gasteiger partial charge in [-0.1, -0.05) is 62.4 Å². The largest absolute Gasteiger partial charge is 0.313 e. The quantitative estimate of drug-likeness (QED) is 0.830. The molecule has 0 aliphatic heterocycles. The van der Waals surface area contributed by atoms with Gasteiger partial charge in [0.05, 0.1) is 0 Å². The second-order valence-corrected chi connectivity index (χ2v) is 4.53. The standard InChI is InChI=1S/C17H21N/c1-3-14-5-9-16(10-6-14)17-11-7-15(8-12-17)13-18-4-2/h5-12,18H,3-4,13H2,1-2H3. The number of nitrogens with one attached hydrogen (secondary N) is 1. The molecule has 0 fully saturated rings. The number of rotatable bonds is 5. The van der Waals surface area contributed by atoms with Crippen molar-refractivity contribution in [2.75, 3.05) is 6.54 Å². The van der Waals surface area contributed by atoms with Gasteiger partial charge in [-0.25, -0.2) is 0 Å². The average molecular weight is 239 g/mol. The monoisotopic (exact) mass is 239 g/mol. The number of aryl methyl sites for hydroxylation is 1. The van der Waals surface area contributed by atoms with Crippen LogP contribution in [0.5, 0.6) is 0 Å². The Balaban J connectivity index is 2.12. The molecule has 2 aromatic carbocycles. The maximum Gasteiger partial charge on any atom is 0.0205 e. The van der Waals surface area contributed by atoms with E-state index in [-0.39, 0.29) is 0 Å². The predicted octanol–water partition coefficient (Wildman–Crippen LogP) is 4.03. The van der Waals surface area contributed by atoms with Gasteiger partial charge in [-0.3, -0.25) is 0 Å². The number of hydrogen-bond acceptors (Lipinski definition) is 1. The number of hydrogen-bond donors (Lipinski definition) is 1. The van der Waals surface area contributed by atoms with Crippen LogP contribution in [0.4, 0.5) is 0 Å². The van der Waals surface area contributed by atoms with E-state index in [0.717, 1.165) is 19.5 Å². The SMILES string of the molecule is CCNCc1ccc(-c2ccc(CC)cc2)cc1. The summed E-state index contributed by atoms with van der Waals surface area (Å²) < 4.78 is 0. The van der Waals surface area contributed by atoms with E-state index in [4.69, 9.17) is 0 Å². The highest BCUT2D eigenvalue weighted by molar-refractivity contribution is 5.63. The van der Waals surface area contributed by atoms with Crippen LogP contribution in [0.15, 0.2) is 48.5 Å². The Hall–Kier alpha value is -1.60. The van der Waals surface area contributed by atoms with Crippen LogP contribution in [0.2, 0.25) is 0 Å². The van der Waals surface area contributed by atoms with Crippen molar-refractivity contribution in [2.45, 2.75) is 26.8 Å². The van der Waals surface area contributed by atoms with E-state index in [1.807, 2.05) is 0 Å². The smallest absolute Gasteiger partial charge is 0.0205 e. The second-order valence-electron chi connectivity index (χ2n) is 4.53.